The summed E-state index contributed by atoms with van der Waals surface area (Å²) in [7, 11) is 0. The molecule has 3 rings (SSSR count). The molecule has 94 valence electrons. The highest BCUT2D eigenvalue weighted by Crippen LogP contribution is 2.28. The average molecular weight is 249 g/mol. The number of aryl methyl sites for hydroxylation is 1. The van der Waals surface area contributed by atoms with Gasteiger partial charge in [0.1, 0.15) is 0 Å². The second kappa shape index (κ2) is 4.61. The highest BCUT2D eigenvalue weighted by molar-refractivity contribution is 5.74. The third-order valence-corrected chi connectivity index (χ3v) is 3.24. The van der Waals surface area contributed by atoms with E-state index in [4.69, 9.17) is 5.73 Å². The molecule has 19 heavy (non-hydrogen) atoms. The van der Waals surface area contributed by atoms with Gasteiger partial charge in [-0.1, -0.05) is 24.3 Å². The topological polar surface area (TPSA) is 54.7 Å². The Morgan fingerprint density at radius 1 is 1.00 bits per heavy atom. The lowest BCUT2D eigenvalue weighted by Gasteiger charge is -2.08. The lowest BCUT2D eigenvalue weighted by Crippen LogP contribution is -1.89. The fraction of sp³-hybridized carbons (Fsp3) is 0.0625. The van der Waals surface area contributed by atoms with Crippen LogP contribution in [0.15, 0.2) is 54.7 Å². The summed E-state index contributed by atoms with van der Waals surface area (Å²) in [5, 5.41) is 6.97. The number of nitrogens with one attached hydrogen (secondary N) is 1. The first kappa shape index (κ1) is 11.5. The van der Waals surface area contributed by atoms with E-state index < -0.39 is 0 Å². The standard InChI is InChI=1S/C16H15N3/c1-11-9-14(17)5-6-15(11)12-3-2-4-13(10-12)16-7-8-18-19-16/h2-10H,17H2,1H3,(H,18,19). The van der Waals surface area contributed by atoms with Gasteiger partial charge >= 0.3 is 0 Å². The summed E-state index contributed by atoms with van der Waals surface area (Å²) in [6.07, 6.45) is 1.76. The lowest BCUT2D eigenvalue weighted by molar-refractivity contribution is 1.10. The molecule has 1 aromatic heterocycles. The maximum absolute atomic E-state index is 5.80. The molecule has 0 atom stereocenters. The molecule has 0 aliphatic rings. The van der Waals surface area contributed by atoms with Crippen molar-refractivity contribution in [1.82, 2.24) is 10.2 Å². The van der Waals surface area contributed by atoms with Crippen LogP contribution in [0.25, 0.3) is 22.4 Å². The second-order valence-corrected chi connectivity index (χ2v) is 4.63. The Morgan fingerprint density at radius 2 is 1.84 bits per heavy atom. The van der Waals surface area contributed by atoms with Crippen LogP contribution in [-0.4, -0.2) is 10.2 Å². The fourth-order valence-corrected chi connectivity index (χ4v) is 2.28. The Bertz CT molecular complexity index is 700. The SMILES string of the molecule is Cc1cc(N)ccc1-c1cccc(-c2ccn[nH]2)c1. The molecule has 0 saturated carbocycles. The molecule has 0 spiro atoms. The van der Waals surface area contributed by atoms with Crippen LogP contribution in [-0.2, 0) is 0 Å². The summed E-state index contributed by atoms with van der Waals surface area (Å²) >= 11 is 0. The summed E-state index contributed by atoms with van der Waals surface area (Å²) in [5.74, 6) is 0. The Morgan fingerprint density at radius 3 is 2.58 bits per heavy atom. The average Bonchev–Trinajstić information content (AvgIpc) is 2.93. The molecule has 0 aliphatic carbocycles. The van der Waals surface area contributed by atoms with E-state index >= 15 is 0 Å². The van der Waals surface area contributed by atoms with Gasteiger partial charge in [0, 0.05) is 17.4 Å². The van der Waals surface area contributed by atoms with E-state index in [2.05, 4.69) is 47.5 Å². The molecule has 0 saturated heterocycles. The fourth-order valence-electron chi connectivity index (χ4n) is 2.28. The van der Waals surface area contributed by atoms with E-state index in [1.807, 2.05) is 18.2 Å². The predicted octanol–water partition coefficient (Wildman–Crippen LogP) is 3.63. The zero-order valence-electron chi connectivity index (χ0n) is 10.7. The quantitative estimate of drug-likeness (QED) is 0.681. The number of hydrogen-bond donors (Lipinski definition) is 2. The largest absolute Gasteiger partial charge is 0.399 e. The molecule has 0 fully saturated rings. The zero-order chi connectivity index (χ0) is 13.2. The van der Waals surface area contributed by atoms with Gasteiger partial charge in [0.25, 0.3) is 0 Å². The highest BCUT2D eigenvalue weighted by Gasteiger charge is 2.05. The number of nitrogen functional groups attached to an aromatic ring is 1. The molecular weight excluding hydrogens is 234 g/mol. The van der Waals surface area contributed by atoms with E-state index in [9.17, 15) is 0 Å². The van der Waals surface area contributed by atoms with Crippen LogP contribution in [0, 0.1) is 6.92 Å². The van der Waals surface area contributed by atoms with Crippen molar-refractivity contribution in [1.29, 1.82) is 0 Å². The third kappa shape index (κ3) is 2.22. The number of rotatable bonds is 2. The van der Waals surface area contributed by atoms with Crippen LogP contribution >= 0.6 is 0 Å². The van der Waals surface area contributed by atoms with Crippen LogP contribution in [0.5, 0.6) is 0 Å². The summed E-state index contributed by atoms with van der Waals surface area (Å²) in [5.41, 5.74) is 12.3. The molecule has 0 amide bonds. The third-order valence-electron chi connectivity index (χ3n) is 3.24. The highest BCUT2D eigenvalue weighted by atomic mass is 15.1. The van der Waals surface area contributed by atoms with Gasteiger partial charge in [0.05, 0.1) is 5.69 Å². The van der Waals surface area contributed by atoms with Gasteiger partial charge in [-0.15, -0.1) is 0 Å². The van der Waals surface area contributed by atoms with Crippen molar-refractivity contribution in [2.75, 3.05) is 5.73 Å². The van der Waals surface area contributed by atoms with E-state index in [0.29, 0.717) is 0 Å². The van der Waals surface area contributed by atoms with E-state index in [0.717, 1.165) is 16.9 Å². The number of hydrogen-bond acceptors (Lipinski definition) is 2. The Hall–Kier alpha value is -2.55. The first-order valence-electron chi connectivity index (χ1n) is 6.20. The summed E-state index contributed by atoms with van der Waals surface area (Å²) in [6, 6.07) is 16.4. The molecule has 0 aliphatic heterocycles. The number of benzene rings is 2. The van der Waals surface area contributed by atoms with Crippen LogP contribution in [0.2, 0.25) is 0 Å². The van der Waals surface area contributed by atoms with Crippen molar-refractivity contribution in [3.05, 3.63) is 60.3 Å². The molecule has 3 aromatic rings. The van der Waals surface area contributed by atoms with E-state index in [1.165, 1.54) is 16.7 Å². The number of H-pyrrole nitrogens is 1. The number of aromatic amines is 1. The molecule has 3 nitrogen and oxygen atoms in total. The van der Waals surface area contributed by atoms with Crippen molar-refractivity contribution < 1.29 is 0 Å². The van der Waals surface area contributed by atoms with E-state index in [-0.39, 0.29) is 0 Å². The molecule has 3 heteroatoms. The number of anilines is 1. The second-order valence-electron chi connectivity index (χ2n) is 4.63. The van der Waals surface area contributed by atoms with Gasteiger partial charge in [-0.2, -0.15) is 5.10 Å². The molecule has 0 bridgehead atoms. The van der Waals surface area contributed by atoms with Crippen molar-refractivity contribution in [2.24, 2.45) is 0 Å². The number of aromatic nitrogens is 2. The predicted molar refractivity (Wildman–Crippen MR) is 78.6 cm³/mol. The normalized spacial score (nSPS) is 10.6. The Labute approximate surface area is 112 Å². The van der Waals surface area contributed by atoms with Gasteiger partial charge in [0.2, 0.25) is 0 Å². The molecule has 2 aromatic carbocycles. The van der Waals surface area contributed by atoms with Crippen molar-refractivity contribution >= 4 is 5.69 Å². The van der Waals surface area contributed by atoms with Crippen LogP contribution in [0.1, 0.15) is 5.56 Å². The maximum Gasteiger partial charge on any atom is 0.0650 e. The summed E-state index contributed by atoms with van der Waals surface area (Å²) in [4.78, 5) is 0. The minimum Gasteiger partial charge on any atom is -0.399 e. The molecule has 0 unspecified atom stereocenters. The minimum absolute atomic E-state index is 0.797. The number of nitrogens with zero attached hydrogens (tertiary/aromatic N) is 1. The zero-order valence-corrected chi connectivity index (χ0v) is 10.7. The first-order chi connectivity index (χ1) is 9.24. The van der Waals surface area contributed by atoms with E-state index in [1.54, 1.807) is 6.20 Å². The first-order valence-corrected chi connectivity index (χ1v) is 6.20. The minimum atomic E-state index is 0.797. The summed E-state index contributed by atoms with van der Waals surface area (Å²) in [6.45, 7) is 2.08. The van der Waals surface area contributed by atoms with Gasteiger partial charge in [0.15, 0.2) is 0 Å². The van der Waals surface area contributed by atoms with Crippen molar-refractivity contribution in [2.45, 2.75) is 6.92 Å². The Kier molecular flexibility index (Phi) is 2.80. The molecule has 3 N–H and O–H groups in total. The Balaban J connectivity index is 2.08. The maximum atomic E-state index is 5.80. The molecule has 0 radical (unpaired) electrons. The number of nitrogens with two attached hydrogens (primary N) is 1. The van der Waals surface area contributed by atoms with Crippen molar-refractivity contribution in [3.63, 3.8) is 0 Å². The monoisotopic (exact) mass is 249 g/mol. The van der Waals surface area contributed by atoms with Gasteiger partial charge in [-0.3, -0.25) is 5.10 Å². The van der Waals surface area contributed by atoms with Crippen LogP contribution in [0.3, 0.4) is 0 Å². The van der Waals surface area contributed by atoms with Gasteiger partial charge in [-0.05, 0) is 47.9 Å². The molecular formula is C16H15N3. The lowest BCUT2D eigenvalue weighted by atomic mass is 9.98. The van der Waals surface area contributed by atoms with Crippen LogP contribution < -0.4 is 5.73 Å². The molecule has 1 heterocycles. The van der Waals surface area contributed by atoms with Gasteiger partial charge < -0.3 is 5.73 Å². The van der Waals surface area contributed by atoms with Gasteiger partial charge in [-0.25, -0.2) is 0 Å². The summed E-state index contributed by atoms with van der Waals surface area (Å²) < 4.78 is 0. The van der Waals surface area contributed by atoms with Crippen molar-refractivity contribution in [3.8, 4) is 22.4 Å². The smallest absolute Gasteiger partial charge is 0.0650 e. The van der Waals surface area contributed by atoms with Crippen LogP contribution in [0.4, 0.5) is 5.69 Å².